The highest BCUT2D eigenvalue weighted by Crippen LogP contribution is 2.88. The maximum atomic E-state index is 11.9. The van der Waals surface area contributed by atoms with Gasteiger partial charge in [-0.3, -0.25) is 14.4 Å². The zero-order chi connectivity index (χ0) is 15.1. The number of benzene rings is 1. The van der Waals surface area contributed by atoms with Crippen LogP contribution in [0.3, 0.4) is 0 Å². The normalized spacial score (nSPS) is 34.3. The van der Waals surface area contributed by atoms with Crippen molar-refractivity contribution in [2.45, 2.75) is 24.7 Å². The molecule has 3 aliphatic rings. The molecule has 1 aromatic rings. The summed E-state index contributed by atoms with van der Waals surface area (Å²) in [6.45, 7) is 0. The van der Waals surface area contributed by atoms with Crippen LogP contribution in [0.5, 0.6) is 0 Å². The second kappa shape index (κ2) is 4.09. The van der Waals surface area contributed by atoms with Gasteiger partial charge in [0.05, 0.1) is 5.92 Å². The molecule has 0 radical (unpaired) electrons. The molecular weight excluding hydrogens is 335 g/mol. The molecule has 2 bridgehead atoms. The number of carbonyl (C=O) groups excluding carboxylic acids is 3. The van der Waals surface area contributed by atoms with E-state index in [1.54, 1.807) is 6.07 Å². The van der Waals surface area contributed by atoms with E-state index in [1.165, 1.54) is 6.07 Å². The third-order valence-electron chi connectivity index (χ3n) is 5.28. The molecule has 0 N–H and O–H groups in total. The summed E-state index contributed by atoms with van der Waals surface area (Å²) < 4.78 is 0. The average Bonchev–Trinajstić information content (AvgIpc) is 3.22. The van der Waals surface area contributed by atoms with Crippen molar-refractivity contribution < 1.29 is 14.4 Å². The van der Waals surface area contributed by atoms with E-state index < -0.39 is 21.6 Å². The van der Waals surface area contributed by atoms with E-state index in [9.17, 15) is 14.4 Å². The van der Waals surface area contributed by atoms with Gasteiger partial charge in [0.1, 0.15) is 0 Å². The Morgan fingerprint density at radius 2 is 1.67 bits per heavy atom. The van der Waals surface area contributed by atoms with E-state index in [0.717, 1.165) is 12.0 Å². The summed E-state index contributed by atoms with van der Waals surface area (Å²) in [5.41, 5.74) is 1.90. The van der Waals surface area contributed by atoms with Crippen LogP contribution >= 0.6 is 34.8 Å². The van der Waals surface area contributed by atoms with Crippen molar-refractivity contribution in [3.8, 4) is 0 Å². The number of fused-ring (bicyclic) bond motifs is 4. The van der Waals surface area contributed by atoms with Crippen LogP contribution in [0, 0.1) is 11.3 Å². The summed E-state index contributed by atoms with van der Waals surface area (Å²) in [6.07, 6.45) is 1.65. The number of halogens is 3. The van der Waals surface area contributed by atoms with Crippen LogP contribution in [0.1, 0.15) is 56.5 Å². The molecule has 0 aromatic heterocycles. The lowest BCUT2D eigenvalue weighted by Crippen LogP contribution is -2.13. The SMILES string of the molecule is O=C(Cl)c1cc2c(C(=O)Cl)c(c1)C1C3CC31CC2C(=O)Cl. The molecule has 0 aliphatic heterocycles. The van der Waals surface area contributed by atoms with Crippen molar-refractivity contribution in [1.29, 1.82) is 0 Å². The van der Waals surface area contributed by atoms with Gasteiger partial charge in [0.15, 0.2) is 0 Å². The first-order valence-corrected chi connectivity index (χ1v) is 7.77. The van der Waals surface area contributed by atoms with Crippen LogP contribution in [-0.4, -0.2) is 15.7 Å². The zero-order valence-corrected chi connectivity index (χ0v) is 12.9. The fourth-order valence-electron chi connectivity index (χ4n) is 4.14. The predicted octanol–water partition coefficient (Wildman–Crippen LogP) is 3.80. The third kappa shape index (κ3) is 1.71. The zero-order valence-electron chi connectivity index (χ0n) is 10.7. The minimum atomic E-state index is -0.614. The molecule has 4 atom stereocenters. The molecule has 21 heavy (non-hydrogen) atoms. The standard InChI is InChI=1S/C15H9Cl3O3/c16-12(19)5-1-6-8(13(17)20)3-15-4-9(15)11(15)7(2-5)10(6)14(18)21/h1-2,8-9,11H,3-4H2. The summed E-state index contributed by atoms with van der Waals surface area (Å²) in [5.74, 6) is 0.0714. The second-order valence-corrected chi connectivity index (χ2v) is 7.22. The van der Waals surface area contributed by atoms with Crippen molar-refractivity contribution in [2.24, 2.45) is 11.3 Å². The molecule has 0 amide bonds. The number of hydrogen-bond acceptors (Lipinski definition) is 3. The minimum absolute atomic E-state index is 0.0685. The Balaban J connectivity index is 2.01. The van der Waals surface area contributed by atoms with E-state index in [2.05, 4.69) is 0 Å². The Bertz CT molecular complexity index is 742. The Kier molecular flexibility index (Phi) is 2.68. The number of rotatable bonds is 3. The van der Waals surface area contributed by atoms with Crippen LogP contribution in [0.15, 0.2) is 12.1 Å². The summed E-state index contributed by atoms with van der Waals surface area (Å²) in [4.78, 5) is 35.2. The van der Waals surface area contributed by atoms with Gasteiger partial charge in [-0.05, 0) is 88.2 Å². The molecule has 4 unspecified atom stereocenters. The third-order valence-corrected chi connectivity index (χ3v) is 5.95. The lowest BCUT2D eigenvalue weighted by atomic mass is 9.89. The highest BCUT2D eigenvalue weighted by molar-refractivity contribution is 6.69. The molecular formula is C15H9Cl3O3. The van der Waals surface area contributed by atoms with Gasteiger partial charge >= 0.3 is 0 Å². The van der Waals surface area contributed by atoms with Gasteiger partial charge in [0, 0.05) is 11.1 Å². The van der Waals surface area contributed by atoms with E-state index >= 15 is 0 Å². The van der Waals surface area contributed by atoms with Crippen molar-refractivity contribution in [3.63, 3.8) is 0 Å². The quantitative estimate of drug-likeness (QED) is 0.784. The van der Waals surface area contributed by atoms with Crippen molar-refractivity contribution in [3.05, 3.63) is 34.4 Å². The van der Waals surface area contributed by atoms with E-state index in [-0.39, 0.29) is 16.9 Å². The number of carbonyl (C=O) groups is 3. The van der Waals surface area contributed by atoms with Crippen LogP contribution < -0.4 is 0 Å². The Hall–Kier alpha value is -0.900. The average molecular weight is 344 g/mol. The van der Waals surface area contributed by atoms with Gasteiger partial charge < -0.3 is 0 Å². The topological polar surface area (TPSA) is 51.2 Å². The second-order valence-electron chi connectivity index (χ2n) is 6.16. The summed E-state index contributed by atoms with van der Waals surface area (Å²) in [6, 6.07) is 3.13. The van der Waals surface area contributed by atoms with Gasteiger partial charge in [-0.1, -0.05) is 0 Å². The molecule has 6 heteroatoms. The van der Waals surface area contributed by atoms with Gasteiger partial charge in [-0.15, -0.1) is 0 Å². The molecule has 3 aliphatic carbocycles. The predicted molar refractivity (Wildman–Crippen MR) is 78.3 cm³/mol. The van der Waals surface area contributed by atoms with Gasteiger partial charge in [-0.2, -0.15) is 0 Å². The highest BCUT2D eigenvalue weighted by atomic mass is 35.5. The molecule has 4 rings (SSSR count). The lowest BCUT2D eigenvalue weighted by molar-refractivity contribution is -0.113. The van der Waals surface area contributed by atoms with Crippen LogP contribution in [-0.2, 0) is 4.79 Å². The molecule has 0 saturated heterocycles. The van der Waals surface area contributed by atoms with Gasteiger partial charge in [0.2, 0.25) is 5.24 Å². The molecule has 2 fully saturated rings. The van der Waals surface area contributed by atoms with Crippen molar-refractivity contribution in [2.75, 3.05) is 0 Å². The van der Waals surface area contributed by atoms with E-state index in [1.807, 2.05) is 0 Å². The Labute approximate surface area is 135 Å². The Morgan fingerprint density at radius 3 is 2.19 bits per heavy atom. The van der Waals surface area contributed by atoms with Crippen LogP contribution in [0.25, 0.3) is 0 Å². The van der Waals surface area contributed by atoms with Crippen molar-refractivity contribution >= 4 is 50.5 Å². The minimum Gasteiger partial charge on any atom is -0.281 e. The van der Waals surface area contributed by atoms with Gasteiger partial charge in [-0.25, -0.2) is 0 Å². The molecule has 108 valence electrons. The molecule has 0 heterocycles. The fraction of sp³-hybridized carbons (Fsp3) is 0.400. The molecule has 1 spiro atoms. The first-order valence-electron chi connectivity index (χ1n) is 6.63. The maximum absolute atomic E-state index is 11.9. The summed E-state index contributed by atoms with van der Waals surface area (Å²) in [5, 5.41) is -1.75. The van der Waals surface area contributed by atoms with E-state index in [0.29, 0.717) is 23.5 Å². The van der Waals surface area contributed by atoms with Crippen LogP contribution in [0.2, 0.25) is 0 Å². The van der Waals surface area contributed by atoms with Gasteiger partial charge in [0.25, 0.3) is 10.5 Å². The fourth-order valence-corrected chi connectivity index (χ4v) is 4.66. The lowest BCUT2D eigenvalue weighted by Gasteiger charge is -2.16. The number of hydrogen-bond donors (Lipinski definition) is 0. The molecule has 2 saturated carbocycles. The highest BCUT2D eigenvalue weighted by Gasteiger charge is 2.79. The molecule has 1 aromatic carbocycles. The maximum Gasteiger partial charge on any atom is 0.252 e. The summed E-state index contributed by atoms with van der Waals surface area (Å²) in [7, 11) is 0. The first-order chi connectivity index (χ1) is 9.86. The van der Waals surface area contributed by atoms with Crippen molar-refractivity contribution in [1.82, 2.24) is 0 Å². The first kappa shape index (κ1) is 13.7. The van der Waals surface area contributed by atoms with Crippen LogP contribution in [0.4, 0.5) is 0 Å². The largest absolute Gasteiger partial charge is 0.281 e. The molecule has 3 nitrogen and oxygen atoms in total. The Morgan fingerprint density at radius 1 is 1.00 bits per heavy atom. The van der Waals surface area contributed by atoms with E-state index in [4.69, 9.17) is 34.8 Å². The smallest absolute Gasteiger partial charge is 0.252 e. The summed E-state index contributed by atoms with van der Waals surface area (Å²) >= 11 is 17.0. The monoisotopic (exact) mass is 342 g/mol.